The van der Waals surface area contributed by atoms with Gasteiger partial charge in [-0.3, -0.25) is 9.48 Å². The second kappa shape index (κ2) is 6.94. The van der Waals surface area contributed by atoms with Crippen LogP contribution in [0.4, 0.5) is 0 Å². The molecule has 0 radical (unpaired) electrons. The van der Waals surface area contributed by atoms with Crippen LogP contribution in [0.2, 0.25) is 0 Å². The van der Waals surface area contributed by atoms with E-state index in [1.165, 1.54) is 0 Å². The predicted molar refractivity (Wildman–Crippen MR) is 54.0 cm³/mol. The summed E-state index contributed by atoms with van der Waals surface area (Å²) in [7, 11) is 0. The molecule has 6 nitrogen and oxygen atoms in total. The van der Waals surface area contributed by atoms with Crippen molar-refractivity contribution in [2.75, 3.05) is 13.2 Å². The van der Waals surface area contributed by atoms with Crippen molar-refractivity contribution in [2.45, 2.75) is 25.8 Å². The summed E-state index contributed by atoms with van der Waals surface area (Å²) in [6.45, 7) is 1.34. The summed E-state index contributed by atoms with van der Waals surface area (Å²) >= 11 is 0. The van der Waals surface area contributed by atoms with E-state index in [0.717, 1.165) is 12.8 Å². The lowest BCUT2D eigenvalue weighted by atomic mass is 10.3. The molecule has 1 amide bonds. The minimum Gasteiger partial charge on any atom is -0.396 e. The molecule has 0 aliphatic heterocycles. The normalized spacial score (nSPS) is 10.2. The fourth-order valence-corrected chi connectivity index (χ4v) is 1.12. The number of aryl methyl sites for hydroxylation is 1. The van der Waals surface area contributed by atoms with Gasteiger partial charge in [-0.1, -0.05) is 5.21 Å². The first-order chi connectivity index (χ1) is 7.33. The molecule has 0 saturated heterocycles. The molecule has 15 heavy (non-hydrogen) atoms. The first-order valence-electron chi connectivity index (χ1n) is 5.04. The van der Waals surface area contributed by atoms with Crippen LogP contribution in [0.15, 0.2) is 12.4 Å². The molecule has 84 valence electrons. The Hall–Kier alpha value is -1.43. The molecular weight excluding hydrogens is 196 g/mol. The molecular formula is C9H16N4O2. The van der Waals surface area contributed by atoms with Crippen molar-refractivity contribution in [3.05, 3.63) is 12.4 Å². The standard InChI is InChI=1S/C9H16N4O2/c14-8-2-1-4-10-9(15)3-6-13-7-5-11-12-13/h5,7,14H,1-4,6,8H2,(H,10,15). The predicted octanol–water partition coefficient (Wildman–Crippen LogP) is -0.443. The van der Waals surface area contributed by atoms with Crippen molar-refractivity contribution < 1.29 is 9.90 Å². The molecule has 0 unspecified atom stereocenters. The number of aliphatic hydroxyl groups is 1. The van der Waals surface area contributed by atoms with E-state index < -0.39 is 0 Å². The summed E-state index contributed by atoms with van der Waals surface area (Å²) in [5.74, 6) is 0.00318. The fourth-order valence-electron chi connectivity index (χ4n) is 1.12. The number of rotatable bonds is 7. The third-order valence-electron chi connectivity index (χ3n) is 1.95. The number of nitrogens with zero attached hydrogens (tertiary/aromatic N) is 3. The van der Waals surface area contributed by atoms with Gasteiger partial charge in [0, 0.05) is 25.8 Å². The van der Waals surface area contributed by atoms with E-state index >= 15 is 0 Å². The van der Waals surface area contributed by atoms with Gasteiger partial charge in [0.2, 0.25) is 5.91 Å². The minimum atomic E-state index is 0.00318. The lowest BCUT2D eigenvalue weighted by Crippen LogP contribution is -2.25. The molecule has 6 heteroatoms. The van der Waals surface area contributed by atoms with Gasteiger partial charge in [-0.05, 0) is 12.8 Å². The lowest BCUT2D eigenvalue weighted by Gasteiger charge is -2.03. The van der Waals surface area contributed by atoms with Gasteiger partial charge < -0.3 is 10.4 Å². The molecule has 0 atom stereocenters. The molecule has 0 spiro atoms. The Bertz CT molecular complexity index is 274. The van der Waals surface area contributed by atoms with Gasteiger partial charge >= 0.3 is 0 Å². The molecule has 0 aliphatic carbocycles. The van der Waals surface area contributed by atoms with E-state index in [2.05, 4.69) is 15.6 Å². The lowest BCUT2D eigenvalue weighted by molar-refractivity contribution is -0.121. The summed E-state index contributed by atoms with van der Waals surface area (Å²) in [4.78, 5) is 11.3. The molecule has 1 heterocycles. The quantitative estimate of drug-likeness (QED) is 0.600. The number of nitrogens with one attached hydrogen (secondary N) is 1. The fraction of sp³-hybridized carbons (Fsp3) is 0.667. The smallest absolute Gasteiger partial charge is 0.221 e. The Morgan fingerprint density at radius 1 is 1.47 bits per heavy atom. The SMILES string of the molecule is O=C(CCn1ccnn1)NCCCCO. The van der Waals surface area contributed by atoms with Crippen LogP contribution in [0.1, 0.15) is 19.3 Å². The monoisotopic (exact) mass is 212 g/mol. The molecule has 0 fully saturated rings. The topological polar surface area (TPSA) is 80.0 Å². The first-order valence-corrected chi connectivity index (χ1v) is 5.04. The molecule has 1 aromatic heterocycles. The van der Waals surface area contributed by atoms with Gasteiger partial charge in [0.05, 0.1) is 12.7 Å². The maximum Gasteiger partial charge on any atom is 0.221 e. The van der Waals surface area contributed by atoms with E-state index in [1.54, 1.807) is 17.1 Å². The molecule has 0 bridgehead atoms. The Kier molecular flexibility index (Phi) is 5.39. The van der Waals surface area contributed by atoms with Gasteiger partial charge in [-0.2, -0.15) is 0 Å². The van der Waals surface area contributed by atoms with Gasteiger partial charge in [-0.15, -0.1) is 5.10 Å². The van der Waals surface area contributed by atoms with Crippen LogP contribution in [0, 0.1) is 0 Å². The molecule has 0 aromatic carbocycles. The highest BCUT2D eigenvalue weighted by atomic mass is 16.2. The molecule has 0 aliphatic rings. The third kappa shape index (κ3) is 5.11. The second-order valence-corrected chi connectivity index (χ2v) is 3.20. The van der Waals surface area contributed by atoms with Gasteiger partial charge in [0.1, 0.15) is 0 Å². The van der Waals surface area contributed by atoms with Gasteiger partial charge in [0.25, 0.3) is 0 Å². The van der Waals surface area contributed by atoms with Crippen LogP contribution < -0.4 is 5.32 Å². The number of aliphatic hydroxyl groups excluding tert-OH is 1. The zero-order chi connectivity index (χ0) is 10.9. The van der Waals surface area contributed by atoms with E-state index in [1.807, 2.05) is 0 Å². The maximum atomic E-state index is 11.3. The summed E-state index contributed by atoms with van der Waals surface area (Å²) in [6.07, 6.45) is 5.25. The zero-order valence-corrected chi connectivity index (χ0v) is 8.59. The Balaban J connectivity index is 2.04. The van der Waals surface area contributed by atoms with Crippen LogP contribution in [0.25, 0.3) is 0 Å². The average Bonchev–Trinajstić information content (AvgIpc) is 2.74. The van der Waals surface area contributed by atoms with Crippen molar-refractivity contribution in [3.63, 3.8) is 0 Å². The summed E-state index contributed by atoms with van der Waals surface area (Å²) in [5.41, 5.74) is 0. The van der Waals surface area contributed by atoms with Crippen molar-refractivity contribution in [1.82, 2.24) is 20.3 Å². The van der Waals surface area contributed by atoms with E-state index in [0.29, 0.717) is 19.5 Å². The van der Waals surface area contributed by atoms with Crippen molar-refractivity contribution in [2.24, 2.45) is 0 Å². The molecule has 1 aromatic rings. The first kappa shape index (κ1) is 11.6. The Labute approximate surface area is 88.3 Å². The number of aromatic nitrogens is 3. The Morgan fingerprint density at radius 3 is 3.00 bits per heavy atom. The highest BCUT2D eigenvalue weighted by molar-refractivity contribution is 5.75. The van der Waals surface area contributed by atoms with Crippen molar-refractivity contribution >= 4 is 5.91 Å². The summed E-state index contributed by atoms with van der Waals surface area (Å²) < 4.78 is 1.62. The van der Waals surface area contributed by atoms with Crippen LogP contribution in [-0.2, 0) is 11.3 Å². The van der Waals surface area contributed by atoms with Crippen molar-refractivity contribution in [1.29, 1.82) is 0 Å². The highest BCUT2D eigenvalue weighted by Crippen LogP contribution is 1.89. The Morgan fingerprint density at radius 2 is 2.33 bits per heavy atom. The van der Waals surface area contributed by atoms with E-state index in [-0.39, 0.29) is 12.5 Å². The number of hydrogen-bond acceptors (Lipinski definition) is 4. The van der Waals surface area contributed by atoms with Crippen molar-refractivity contribution in [3.8, 4) is 0 Å². The number of hydrogen-bond donors (Lipinski definition) is 2. The highest BCUT2D eigenvalue weighted by Gasteiger charge is 2.00. The number of carbonyl (C=O) groups is 1. The van der Waals surface area contributed by atoms with Crippen LogP contribution >= 0.6 is 0 Å². The number of amides is 1. The molecule has 0 saturated carbocycles. The maximum absolute atomic E-state index is 11.3. The zero-order valence-electron chi connectivity index (χ0n) is 8.59. The van der Waals surface area contributed by atoms with Crippen LogP contribution in [0.3, 0.4) is 0 Å². The summed E-state index contributed by atoms with van der Waals surface area (Å²) in [5, 5.41) is 18.7. The summed E-state index contributed by atoms with van der Waals surface area (Å²) in [6, 6.07) is 0. The number of carbonyl (C=O) groups excluding carboxylic acids is 1. The van der Waals surface area contributed by atoms with Gasteiger partial charge in [0.15, 0.2) is 0 Å². The third-order valence-corrected chi connectivity index (χ3v) is 1.95. The second-order valence-electron chi connectivity index (χ2n) is 3.20. The molecule has 2 N–H and O–H groups in total. The van der Waals surface area contributed by atoms with Crippen LogP contribution in [-0.4, -0.2) is 39.2 Å². The molecule has 1 rings (SSSR count). The van der Waals surface area contributed by atoms with Gasteiger partial charge in [-0.25, -0.2) is 0 Å². The largest absolute Gasteiger partial charge is 0.396 e. The van der Waals surface area contributed by atoms with Crippen LogP contribution in [0.5, 0.6) is 0 Å². The average molecular weight is 212 g/mol. The number of unbranched alkanes of at least 4 members (excludes halogenated alkanes) is 1. The van der Waals surface area contributed by atoms with E-state index in [4.69, 9.17) is 5.11 Å². The minimum absolute atomic E-state index is 0.00318. The van der Waals surface area contributed by atoms with E-state index in [9.17, 15) is 4.79 Å².